The second kappa shape index (κ2) is 6.68. The summed E-state index contributed by atoms with van der Waals surface area (Å²) >= 11 is 1.83. The molecule has 3 nitrogen and oxygen atoms in total. The van der Waals surface area contributed by atoms with Gasteiger partial charge in [0.2, 0.25) is 0 Å². The third-order valence-electron chi connectivity index (χ3n) is 5.89. The summed E-state index contributed by atoms with van der Waals surface area (Å²) in [5.74, 6) is 2.09. The van der Waals surface area contributed by atoms with Crippen molar-refractivity contribution in [2.45, 2.75) is 37.6 Å². The molecule has 0 amide bonds. The summed E-state index contributed by atoms with van der Waals surface area (Å²) in [5.41, 5.74) is 3.71. The highest BCUT2D eigenvalue weighted by Crippen LogP contribution is 2.45. The maximum atomic E-state index is 5.61. The Kier molecular flexibility index (Phi) is 4.16. The Labute approximate surface area is 163 Å². The lowest BCUT2D eigenvalue weighted by Gasteiger charge is -2.35. The molecule has 5 rings (SSSR count). The summed E-state index contributed by atoms with van der Waals surface area (Å²) in [7, 11) is 3.42. The first kappa shape index (κ1) is 16.8. The molecule has 0 saturated heterocycles. The molecule has 0 radical (unpaired) electrons. The van der Waals surface area contributed by atoms with Crippen LogP contribution >= 0.6 is 11.3 Å². The number of ether oxygens (including phenoxy) is 2. The molecule has 138 valence electrons. The number of methoxy groups -OCH3 is 2. The molecule has 27 heavy (non-hydrogen) atoms. The highest BCUT2D eigenvalue weighted by molar-refractivity contribution is 7.21. The fourth-order valence-corrected chi connectivity index (χ4v) is 5.64. The molecule has 2 heterocycles. The lowest BCUT2D eigenvalue weighted by Crippen LogP contribution is -2.29. The first-order valence-electron chi connectivity index (χ1n) is 9.61. The predicted molar refractivity (Wildman–Crippen MR) is 112 cm³/mol. The molecule has 1 aliphatic carbocycles. The molecule has 0 N–H and O–H groups in total. The number of hydrogen-bond donors (Lipinski definition) is 0. The van der Waals surface area contributed by atoms with E-state index in [9.17, 15) is 0 Å². The number of hydrogen-bond acceptors (Lipinski definition) is 4. The van der Waals surface area contributed by atoms with Gasteiger partial charge in [0.15, 0.2) is 11.5 Å². The number of thiophene rings is 1. The third-order valence-corrected chi connectivity index (χ3v) is 7.02. The number of rotatable bonds is 3. The summed E-state index contributed by atoms with van der Waals surface area (Å²) in [4.78, 5) is 6.52. The van der Waals surface area contributed by atoms with Gasteiger partial charge in [-0.3, -0.25) is 4.99 Å². The SMILES string of the molecule is COc1cc2c(cc1OC)[C@@H]1CCCC[C@@H]1N=C2c1cc2ccccc2s1. The molecule has 2 atom stereocenters. The molecular weight excluding hydrogens is 354 g/mol. The van der Waals surface area contributed by atoms with E-state index in [1.54, 1.807) is 14.2 Å². The van der Waals surface area contributed by atoms with Crippen molar-refractivity contribution in [3.63, 3.8) is 0 Å². The lowest BCUT2D eigenvalue weighted by atomic mass is 9.75. The number of nitrogens with zero attached hydrogens (tertiary/aromatic N) is 1. The van der Waals surface area contributed by atoms with E-state index in [-0.39, 0.29) is 0 Å². The smallest absolute Gasteiger partial charge is 0.161 e. The fraction of sp³-hybridized carbons (Fsp3) is 0.348. The van der Waals surface area contributed by atoms with Crippen molar-refractivity contribution in [2.24, 2.45) is 4.99 Å². The van der Waals surface area contributed by atoms with Crippen LogP contribution in [0.5, 0.6) is 11.5 Å². The molecule has 2 aliphatic rings. The highest BCUT2D eigenvalue weighted by Gasteiger charge is 2.35. The third kappa shape index (κ3) is 2.74. The van der Waals surface area contributed by atoms with E-state index in [0.29, 0.717) is 12.0 Å². The van der Waals surface area contributed by atoms with Gasteiger partial charge >= 0.3 is 0 Å². The predicted octanol–water partition coefficient (Wildman–Crippen LogP) is 5.80. The minimum atomic E-state index is 0.379. The standard InChI is InChI=1S/C23H23NO2S/c1-25-19-12-16-15-8-4-5-9-18(15)24-23(17(16)13-20(19)26-2)22-11-14-7-3-6-10-21(14)27-22/h3,6-7,10-13,15,18H,4-5,8-9H2,1-2H3/t15-,18-/m0/s1. The second-order valence-corrected chi connectivity index (χ2v) is 8.46. The fourth-order valence-electron chi connectivity index (χ4n) is 4.57. The van der Waals surface area contributed by atoms with Crippen molar-refractivity contribution >= 4 is 27.1 Å². The van der Waals surface area contributed by atoms with Crippen molar-refractivity contribution in [1.29, 1.82) is 0 Å². The van der Waals surface area contributed by atoms with Crippen LogP contribution in [0, 0.1) is 0 Å². The van der Waals surface area contributed by atoms with Crippen molar-refractivity contribution in [3.8, 4) is 11.5 Å². The molecular formula is C23H23NO2S. The van der Waals surface area contributed by atoms with Crippen LogP contribution < -0.4 is 9.47 Å². The summed E-state index contributed by atoms with van der Waals surface area (Å²) in [6.07, 6.45) is 4.93. The van der Waals surface area contributed by atoms with Gasteiger partial charge in [0, 0.05) is 16.2 Å². The maximum Gasteiger partial charge on any atom is 0.161 e. The Hall–Kier alpha value is -2.33. The minimum Gasteiger partial charge on any atom is -0.493 e. The summed E-state index contributed by atoms with van der Waals surface area (Å²) in [6, 6.07) is 15.5. The summed E-state index contributed by atoms with van der Waals surface area (Å²) in [6.45, 7) is 0. The average molecular weight is 378 g/mol. The Morgan fingerprint density at radius 1 is 0.963 bits per heavy atom. The molecule has 1 aromatic heterocycles. The molecule has 1 saturated carbocycles. The van der Waals surface area contributed by atoms with Gasteiger partial charge in [-0.1, -0.05) is 31.0 Å². The highest BCUT2D eigenvalue weighted by atomic mass is 32.1. The van der Waals surface area contributed by atoms with Gasteiger partial charge in [-0.2, -0.15) is 0 Å². The van der Waals surface area contributed by atoms with E-state index in [2.05, 4.69) is 42.5 Å². The first-order valence-corrected chi connectivity index (χ1v) is 10.4. The second-order valence-electron chi connectivity index (χ2n) is 7.38. The van der Waals surface area contributed by atoms with Crippen molar-refractivity contribution < 1.29 is 9.47 Å². The van der Waals surface area contributed by atoms with E-state index in [1.807, 2.05) is 11.3 Å². The van der Waals surface area contributed by atoms with Gasteiger partial charge < -0.3 is 9.47 Å². The van der Waals surface area contributed by atoms with Gasteiger partial charge in [-0.05, 0) is 48.1 Å². The zero-order valence-corrected chi connectivity index (χ0v) is 16.5. The van der Waals surface area contributed by atoms with Gasteiger partial charge in [0.05, 0.1) is 30.9 Å². The van der Waals surface area contributed by atoms with Gasteiger partial charge in [-0.15, -0.1) is 11.3 Å². The van der Waals surface area contributed by atoms with Crippen LogP contribution in [0.15, 0.2) is 47.5 Å². The largest absolute Gasteiger partial charge is 0.493 e. The number of benzene rings is 2. The van der Waals surface area contributed by atoms with Crippen LogP contribution in [0.25, 0.3) is 10.1 Å². The van der Waals surface area contributed by atoms with Crippen molar-refractivity contribution in [3.05, 3.63) is 58.5 Å². The molecule has 4 heteroatoms. The minimum absolute atomic E-state index is 0.379. The molecule has 0 spiro atoms. The lowest BCUT2D eigenvalue weighted by molar-refractivity contribution is 0.349. The monoisotopic (exact) mass is 377 g/mol. The zero-order valence-electron chi connectivity index (χ0n) is 15.7. The topological polar surface area (TPSA) is 30.8 Å². The zero-order chi connectivity index (χ0) is 18.4. The first-order chi connectivity index (χ1) is 13.3. The normalized spacial score (nSPS) is 21.3. The maximum absolute atomic E-state index is 5.61. The van der Waals surface area contributed by atoms with E-state index in [4.69, 9.17) is 14.5 Å². The Morgan fingerprint density at radius 2 is 1.74 bits per heavy atom. The number of fused-ring (bicyclic) bond motifs is 4. The van der Waals surface area contributed by atoms with Crippen molar-refractivity contribution in [2.75, 3.05) is 14.2 Å². The molecule has 1 fully saturated rings. The van der Waals surface area contributed by atoms with E-state index >= 15 is 0 Å². The molecule has 1 aliphatic heterocycles. The van der Waals surface area contributed by atoms with Crippen LogP contribution in [-0.2, 0) is 0 Å². The summed E-state index contributed by atoms with van der Waals surface area (Å²) in [5, 5.41) is 1.29. The van der Waals surface area contributed by atoms with Crippen LogP contribution in [0.1, 0.15) is 47.6 Å². The number of aliphatic imine (C=N–C) groups is 1. The van der Waals surface area contributed by atoms with Gasteiger partial charge in [0.25, 0.3) is 0 Å². The Morgan fingerprint density at radius 3 is 2.56 bits per heavy atom. The van der Waals surface area contributed by atoms with E-state index in [1.165, 1.54) is 51.8 Å². The van der Waals surface area contributed by atoms with Gasteiger partial charge in [0.1, 0.15) is 0 Å². The quantitative estimate of drug-likeness (QED) is 0.578. The molecule has 0 bridgehead atoms. The van der Waals surface area contributed by atoms with E-state index in [0.717, 1.165) is 17.2 Å². The summed E-state index contributed by atoms with van der Waals surface area (Å²) < 4.78 is 12.5. The average Bonchev–Trinajstić information content (AvgIpc) is 3.16. The van der Waals surface area contributed by atoms with Crippen LogP contribution in [0.3, 0.4) is 0 Å². The molecule has 3 aromatic rings. The van der Waals surface area contributed by atoms with Crippen molar-refractivity contribution in [1.82, 2.24) is 0 Å². The molecule has 0 unspecified atom stereocenters. The van der Waals surface area contributed by atoms with E-state index < -0.39 is 0 Å². The van der Waals surface area contributed by atoms with Crippen LogP contribution in [-0.4, -0.2) is 26.0 Å². The molecule has 2 aromatic carbocycles. The van der Waals surface area contributed by atoms with Gasteiger partial charge in [-0.25, -0.2) is 0 Å². The van der Waals surface area contributed by atoms with Crippen LogP contribution in [0.2, 0.25) is 0 Å². The Bertz CT molecular complexity index is 1000. The van der Waals surface area contributed by atoms with Crippen LogP contribution in [0.4, 0.5) is 0 Å². The Balaban J connectivity index is 1.72.